The van der Waals surface area contributed by atoms with E-state index in [2.05, 4.69) is 20.3 Å². The molecule has 2 N–H and O–H groups in total. The van der Waals surface area contributed by atoms with Crippen LogP contribution in [0, 0.1) is 25.1 Å². The second-order valence-electron chi connectivity index (χ2n) is 11.5. The maximum absolute atomic E-state index is 15.0. The van der Waals surface area contributed by atoms with Crippen molar-refractivity contribution in [2.75, 3.05) is 25.1 Å². The van der Waals surface area contributed by atoms with Crippen molar-refractivity contribution in [3.8, 4) is 22.8 Å². The van der Waals surface area contributed by atoms with Crippen LogP contribution in [0.15, 0.2) is 42.6 Å². The number of pyridine rings is 1. The zero-order valence-corrected chi connectivity index (χ0v) is 24.2. The molecule has 1 aliphatic heterocycles. The number of nitrogens with two attached hydrogens (primary N) is 1. The number of sulfonamides is 1. The third kappa shape index (κ3) is 5.33. The normalized spacial score (nSPS) is 17.6. The average molecular weight is 577 g/mol. The molecule has 1 aliphatic carbocycles. The summed E-state index contributed by atoms with van der Waals surface area (Å²) in [5, 5.41) is 8.38. The van der Waals surface area contributed by atoms with Gasteiger partial charge in [0.05, 0.1) is 24.7 Å². The van der Waals surface area contributed by atoms with Gasteiger partial charge in [0.1, 0.15) is 11.4 Å². The van der Waals surface area contributed by atoms with E-state index in [1.54, 1.807) is 15.2 Å². The van der Waals surface area contributed by atoms with Crippen LogP contribution in [-0.2, 0) is 16.6 Å². The second kappa shape index (κ2) is 10.3. The van der Waals surface area contributed by atoms with Crippen LogP contribution in [0.5, 0.6) is 0 Å². The molecule has 6 rings (SSSR count). The summed E-state index contributed by atoms with van der Waals surface area (Å²) < 4.78 is 42.0. The topological polar surface area (TPSA) is 133 Å². The van der Waals surface area contributed by atoms with Crippen LogP contribution in [0.25, 0.3) is 22.8 Å². The lowest BCUT2D eigenvalue weighted by Crippen LogP contribution is -2.47. The van der Waals surface area contributed by atoms with Gasteiger partial charge in [0.15, 0.2) is 17.5 Å². The Labute approximate surface area is 238 Å². The maximum atomic E-state index is 15.0. The summed E-state index contributed by atoms with van der Waals surface area (Å²) in [5.41, 5.74) is 11.1. The van der Waals surface area contributed by atoms with Gasteiger partial charge in [0, 0.05) is 30.3 Å². The molecule has 41 heavy (non-hydrogen) atoms. The molecule has 1 saturated heterocycles. The fourth-order valence-electron chi connectivity index (χ4n) is 6.11. The van der Waals surface area contributed by atoms with Gasteiger partial charge in [-0.3, -0.25) is 4.98 Å². The van der Waals surface area contributed by atoms with Crippen molar-refractivity contribution in [3.63, 3.8) is 0 Å². The van der Waals surface area contributed by atoms with E-state index in [9.17, 15) is 8.42 Å². The molecule has 0 radical (unpaired) electrons. The molecule has 1 aromatic carbocycles. The second-order valence-corrected chi connectivity index (χ2v) is 13.4. The molecule has 4 heterocycles. The molecule has 12 heteroatoms. The summed E-state index contributed by atoms with van der Waals surface area (Å²) in [7, 11) is -3.13. The van der Waals surface area contributed by atoms with Gasteiger partial charge in [-0.2, -0.15) is 0 Å². The van der Waals surface area contributed by atoms with Crippen LogP contribution in [0.2, 0.25) is 0 Å². The predicted molar refractivity (Wildman–Crippen MR) is 154 cm³/mol. The molecule has 10 nitrogen and oxygen atoms in total. The standard InChI is InChI=1S/C29H33FN8O2S/c1-18-6-4-8-22(19(18)2)28-33-26(25(30)27(31)34-28)24-17-37(36-35-24)16-21-7-5-9-23(32-21)20-14-29(15-20)10-12-38(13-11-29)41(3,39)40/h4-9,17,20H,10-16H2,1-3H3,(H2,31,33,34). The first-order chi connectivity index (χ1) is 19.5. The number of aryl methyl sites for hydroxylation is 1. The Bertz CT molecular complexity index is 1720. The molecule has 1 saturated carbocycles. The van der Waals surface area contributed by atoms with Crippen molar-refractivity contribution in [1.82, 2.24) is 34.3 Å². The SMILES string of the molecule is Cc1cccc(-c2nc(N)c(F)c(-c3cn(Cc4cccc(C5CC6(CCN(S(C)(=O)=O)CC6)C5)n4)nn3)n2)c1C. The molecule has 1 spiro atoms. The van der Waals surface area contributed by atoms with Crippen molar-refractivity contribution >= 4 is 15.8 Å². The Hall–Kier alpha value is -3.77. The number of hydrogen-bond donors (Lipinski definition) is 1. The van der Waals surface area contributed by atoms with Crippen molar-refractivity contribution in [2.24, 2.45) is 5.41 Å². The fraction of sp³-hybridized carbons (Fsp3) is 0.414. The summed E-state index contributed by atoms with van der Waals surface area (Å²) in [5.74, 6) is -0.278. The monoisotopic (exact) mass is 576 g/mol. The highest BCUT2D eigenvalue weighted by molar-refractivity contribution is 7.88. The Balaban J connectivity index is 1.16. The van der Waals surface area contributed by atoms with Crippen LogP contribution in [-0.4, -0.2) is 62.0 Å². The summed E-state index contributed by atoms with van der Waals surface area (Å²) in [6, 6.07) is 11.8. The number of anilines is 1. The van der Waals surface area contributed by atoms with Gasteiger partial charge in [-0.25, -0.2) is 31.8 Å². The Kier molecular flexibility index (Phi) is 6.85. The summed E-state index contributed by atoms with van der Waals surface area (Å²) >= 11 is 0. The zero-order valence-electron chi connectivity index (χ0n) is 23.4. The maximum Gasteiger partial charge on any atom is 0.211 e. The first-order valence-corrected chi connectivity index (χ1v) is 15.6. The summed E-state index contributed by atoms with van der Waals surface area (Å²) in [6.45, 7) is 5.52. The van der Waals surface area contributed by atoms with Gasteiger partial charge in [-0.05, 0) is 68.2 Å². The minimum Gasteiger partial charge on any atom is -0.381 e. The van der Waals surface area contributed by atoms with Crippen molar-refractivity contribution in [3.05, 3.63) is 70.9 Å². The van der Waals surface area contributed by atoms with Crippen molar-refractivity contribution < 1.29 is 12.8 Å². The summed E-state index contributed by atoms with van der Waals surface area (Å²) in [6.07, 6.45) is 6.75. The Morgan fingerprint density at radius 1 is 1.05 bits per heavy atom. The lowest BCUT2D eigenvalue weighted by atomic mass is 9.57. The lowest BCUT2D eigenvalue weighted by Gasteiger charge is -2.51. The minimum atomic E-state index is -3.13. The Morgan fingerprint density at radius 2 is 1.78 bits per heavy atom. The first-order valence-electron chi connectivity index (χ1n) is 13.7. The molecular formula is C29H33FN8O2S. The van der Waals surface area contributed by atoms with Gasteiger partial charge < -0.3 is 5.73 Å². The van der Waals surface area contributed by atoms with Crippen LogP contribution in [0.1, 0.15) is 54.1 Å². The predicted octanol–water partition coefficient (Wildman–Crippen LogP) is 4.10. The summed E-state index contributed by atoms with van der Waals surface area (Å²) in [4.78, 5) is 13.6. The third-order valence-corrected chi connectivity index (χ3v) is 9.99. The van der Waals surface area contributed by atoms with E-state index in [4.69, 9.17) is 10.7 Å². The number of hydrogen-bond acceptors (Lipinski definition) is 8. The van der Waals surface area contributed by atoms with Crippen LogP contribution in [0.3, 0.4) is 0 Å². The number of halogens is 1. The van der Waals surface area contributed by atoms with E-state index in [0.717, 1.165) is 53.8 Å². The number of benzene rings is 1. The molecule has 0 unspecified atom stereocenters. The zero-order chi connectivity index (χ0) is 28.9. The number of piperidine rings is 1. The highest BCUT2D eigenvalue weighted by atomic mass is 32.2. The molecule has 0 bridgehead atoms. The Morgan fingerprint density at radius 3 is 2.51 bits per heavy atom. The molecule has 214 valence electrons. The number of nitrogen functional groups attached to an aromatic ring is 1. The minimum absolute atomic E-state index is 0.00283. The smallest absolute Gasteiger partial charge is 0.211 e. The quantitative estimate of drug-likeness (QED) is 0.363. The molecule has 3 aromatic heterocycles. The van der Waals surface area contributed by atoms with E-state index in [-0.39, 0.29) is 22.6 Å². The number of nitrogens with zero attached hydrogens (tertiary/aromatic N) is 7. The lowest BCUT2D eigenvalue weighted by molar-refractivity contribution is 0.0373. The molecular weight excluding hydrogens is 543 g/mol. The first kappa shape index (κ1) is 27.4. The van der Waals surface area contributed by atoms with E-state index < -0.39 is 15.8 Å². The molecule has 2 aliphatic rings. The van der Waals surface area contributed by atoms with E-state index in [1.165, 1.54) is 6.26 Å². The third-order valence-electron chi connectivity index (χ3n) is 8.69. The number of rotatable bonds is 6. The highest BCUT2D eigenvalue weighted by Gasteiger charge is 2.47. The van der Waals surface area contributed by atoms with E-state index >= 15 is 4.39 Å². The molecule has 4 aromatic rings. The van der Waals surface area contributed by atoms with Gasteiger partial charge >= 0.3 is 0 Å². The van der Waals surface area contributed by atoms with Crippen molar-refractivity contribution in [2.45, 2.75) is 52.0 Å². The fourth-order valence-corrected chi connectivity index (χ4v) is 6.95. The molecule has 0 amide bonds. The molecule has 2 fully saturated rings. The van der Waals surface area contributed by atoms with Gasteiger partial charge in [-0.1, -0.05) is 29.5 Å². The van der Waals surface area contributed by atoms with Crippen LogP contribution in [0.4, 0.5) is 10.2 Å². The number of aromatic nitrogens is 6. The van der Waals surface area contributed by atoms with E-state index in [0.29, 0.717) is 31.4 Å². The largest absolute Gasteiger partial charge is 0.381 e. The van der Waals surface area contributed by atoms with Crippen LogP contribution >= 0.6 is 0 Å². The van der Waals surface area contributed by atoms with Gasteiger partial charge in [0.25, 0.3) is 0 Å². The van der Waals surface area contributed by atoms with Crippen molar-refractivity contribution in [1.29, 1.82) is 0 Å². The van der Waals surface area contributed by atoms with Gasteiger partial charge in [-0.15, -0.1) is 5.10 Å². The van der Waals surface area contributed by atoms with E-state index in [1.807, 2.05) is 50.2 Å². The highest BCUT2D eigenvalue weighted by Crippen LogP contribution is 2.56. The average Bonchev–Trinajstić information content (AvgIpc) is 3.38. The van der Waals surface area contributed by atoms with Gasteiger partial charge in [0.2, 0.25) is 10.0 Å². The molecule has 0 atom stereocenters. The van der Waals surface area contributed by atoms with Crippen LogP contribution < -0.4 is 5.73 Å².